The number of halogens is 4. The van der Waals surface area contributed by atoms with Crippen molar-refractivity contribution in [2.45, 2.75) is 0 Å². The van der Waals surface area contributed by atoms with Gasteiger partial charge in [0.1, 0.15) is 33.1 Å². The Morgan fingerprint density at radius 3 is 0.899 bits per heavy atom. The number of nitrogens with one attached hydrogen (secondary N) is 3. The average Bonchev–Trinajstić information content (AvgIpc) is 4.24. The number of hydrogen-bond acceptors (Lipinski definition) is 8. The van der Waals surface area contributed by atoms with Crippen LogP contribution < -0.4 is 9.80 Å². The van der Waals surface area contributed by atoms with E-state index in [1.54, 1.807) is 0 Å². The van der Waals surface area contributed by atoms with Crippen LogP contribution in [-0.2, 0) is 0 Å². The van der Waals surface area contributed by atoms with Crippen molar-refractivity contribution < 1.29 is 1.43 Å². The first-order valence-corrected chi connectivity index (χ1v) is 26.8. The number of para-hydroxylation sites is 6. The van der Waals surface area contributed by atoms with Crippen LogP contribution in [0.3, 0.4) is 0 Å². The quantitative estimate of drug-likeness (QED) is 0.137. The lowest BCUT2D eigenvalue weighted by molar-refractivity contribution is 0.958. The van der Waals surface area contributed by atoms with Crippen LogP contribution in [0.5, 0.6) is 0 Å². The smallest absolute Gasteiger partial charge is 0.128 e. The number of aromatic amines is 3. The van der Waals surface area contributed by atoms with Gasteiger partial charge in [0.05, 0.1) is 0 Å². The Labute approximate surface area is 431 Å². The maximum atomic E-state index is 4.60. The maximum Gasteiger partial charge on any atom is 0.128 e. The maximum absolute atomic E-state index is 4.60. The lowest BCUT2D eigenvalue weighted by Gasteiger charge is -2.25. The minimum atomic E-state index is 0. The fraction of sp³-hybridized carbons (Fsp3) is 0. The fourth-order valence-corrected chi connectivity index (χ4v) is 8.65. The molecule has 0 aliphatic rings. The Bertz CT molecular complexity index is 3200. The molecule has 0 spiro atoms. The van der Waals surface area contributed by atoms with Crippen LogP contribution in [0.2, 0.25) is 0 Å². The number of anilines is 6. The van der Waals surface area contributed by atoms with Gasteiger partial charge < -0.3 is 9.80 Å². The summed E-state index contributed by atoms with van der Waals surface area (Å²) in [7, 11) is 0. The van der Waals surface area contributed by atoms with Crippen molar-refractivity contribution in [3.05, 3.63) is 227 Å². The summed E-state index contributed by atoms with van der Waals surface area (Å²) >= 11 is 12.2. The van der Waals surface area contributed by atoms with Crippen molar-refractivity contribution in [1.29, 1.82) is 0 Å². The van der Waals surface area contributed by atoms with E-state index < -0.39 is 0 Å². The molecule has 69 heavy (non-hydrogen) atoms. The predicted octanol–water partition coefficient (Wildman–Crippen LogP) is 16.6. The van der Waals surface area contributed by atoms with Crippen LogP contribution in [0, 0.1) is 0 Å². The molecule has 3 heterocycles. The first kappa shape index (κ1) is 46.8. The topological polar surface area (TPSA) is 131 Å². The summed E-state index contributed by atoms with van der Waals surface area (Å²) in [6.45, 7) is 0. The monoisotopic (exact) mass is 1160 g/mol. The summed E-state index contributed by atoms with van der Waals surface area (Å²) in [6, 6.07) is 74.9. The zero-order valence-electron chi connectivity index (χ0n) is 36.4. The zero-order valence-corrected chi connectivity index (χ0v) is 42.7. The number of fused-ring (bicyclic) bond motifs is 3. The van der Waals surface area contributed by atoms with Crippen molar-refractivity contribution in [3.8, 4) is 22.3 Å². The van der Waals surface area contributed by atoms with Crippen molar-refractivity contribution in [2.75, 3.05) is 9.80 Å². The van der Waals surface area contributed by atoms with E-state index in [0.29, 0.717) is 0 Å². The molecule has 0 aliphatic heterocycles. The van der Waals surface area contributed by atoms with Crippen molar-refractivity contribution in [2.24, 2.45) is 0 Å². The van der Waals surface area contributed by atoms with Crippen molar-refractivity contribution in [1.82, 2.24) is 46.2 Å². The van der Waals surface area contributed by atoms with Gasteiger partial charge >= 0.3 is 0 Å². The van der Waals surface area contributed by atoms with Gasteiger partial charge in [-0.25, -0.2) is 0 Å². The molecule has 0 fully saturated rings. The first-order valence-electron chi connectivity index (χ1n) is 21.5. The predicted molar refractivity (Wildman–Crippen MR) is 297 cm³/mol. The Hall–Kier alpha value is -7.30. The minimum Gasteiger partial charge on any atom is -0.311 e. The molecule has 0 bridgehead atoms. The molecule has 3 N–H and O–H groups in total. The summed E-state index contributed by atoms with van der Waals surface area (Å²) in [5, 5.41) is 32.9. The average molecular weight is 1160 g/mol. The number of H-pyrrole nitrogens is 3. The van der Waals surface area contributed by atoms with Crippen LogP contribution in [0.15, 0.2) is 227 Å². The molecule has 9 aromatic carbocycles. The molecule has 12 aromatic rings. The van der Waals surface area contributed by atoms with Gasteiger partial charge in [-0.1, -0.05) is 121 Å². The second-order valence-electron chi connectivity index (χ2n) is 15.2. The molecular formula is C54H41Br4N11. The third-order valence-corrected chi connectivity index (χ3v) is 12.3. The van der Waals surface area contributed by atoms with Crippen LogP contribution >= 0.6 is 60.1 Å². The van der Waals surface area contributed by atoms with Crippen LogP contribution in [0.25, 0.3) is 55.4 Å². The molecule has 0 saturated heterocycles. The Kier molecular flexibility index (Phi) is 15.4. The van der Waals surface area contributed by atoms with Gasteiger partial charge in [-0.3, -0.25) is 0 Å². The van der Waals surface area contributed by atoms with Gasteiger partial charge in [-0.2, -0.15) is 46.2 Å². The Morgan fingerprint density at radius 1 is 0.290 bits per heavy atom. The van der Waals surface area contributed by atoms with Gasteiger partial charge in [0.2, 0.25) is 0 Å². The van der Waals surface area contributed by atoms with Gasteiger partial charge in [-0.15, -0.1) is 0 Å². The summed E-state index contributed by atoms with van der Waals surface area (Å²) in [6.07, 6.45) is 0. The van der Waals surface area contributed by atoms with Gasteiger partial charge in [0, 0.05) is 83.9 Å². The number of hydrogen-bond donors (Lipinski definition) is 3. The molecule has 340 valence electrons. The highest BCUT2D eigenvalue weighted by atomic mass is 80.9. The van der Waals surface area contributed by atoms with E-state index in [2.05, 4.69) is 274 Å². The van der Waals surface area contributed by atoms with Gasteiger partial charge in [-0.05, 0) is 140 Å². The van der Waals surface area contributed by atoms with Gasteiger partial charge in [0.15, 0.2) is 0 Å². The Morgan fingerprint density at radius 2 is 0.565 bits per heavy atom. The third kappa shape index (κ3) is 10.7. The van der Waals surface area contributed by atoms with Crippen molar-refractivity contribution >= 4 is 127 Å². The largest absolute Gasteiger partial charge is 0.311 e. The van der Waals surface area contributed by atoms with Crippen LogP contribution in [-0.4, -0.2) is 46.2 Å². The lowest BCUT2D eigenvalue weighted by Crippen LogP contribution is -2.09. The normalized spacial score (nSPS) is 10.6. The van der Waals surface area contributed by atoms with E-state index >= 15 is 0 Å². The summed E-state index contributed by atoms with van der Waals surface area (Å²) in [5.74, 6) is 0. The van der Waals surface area contributed by atoms with Crippen LogP contribution in [0.4, 0.5) is 34.1 Å². The molecule has 11 nitrogen and oxygen atoms in total. The zero-order chi connectivity index (χ0) is 47.4. The molecule has 15 heteroatoms. The van der Waals surface area contributed by atoms with E-state index in [1.807, 2.05) is 60.7 Å². The van der Waals surface area contributed by atoms with E-state index in [1.165, 1.54) is 0 Å². The minimum absolute atomic E-state index is 0. The van der Waals surface area contributed by atoms with E-state index in [0.717, 1.165) is 98.4 Å². The number of rotatable bonds is 8. The van der Waals surface area contributed by atoms with Gasteiger partial charge in [0.25, 0.3) is 0 Å². The van der Waals surface area contributed by atoms with Crippen molar-refractivity contribution in [3.63, 3.8) is 0 Å². The molecule has 0 unspecified atom stereocenters. The second kappa shape index (κ2) is 22.7. The molecule has 0 amide bonds. The summed E-state index contributed by atoms with van der Waals surface area (Å²) in [5.41, 5.74) is 16.0. The lowest BCUT2D eigenvalue weighted by atomic mass is 9.97. The molecule has 0 aliphatic carbocycles. The van der Waals surface area contributed by atoms with E-state index in [4.69, 9.17) is 0 Å². The summed E-state index contributed by atoms with van der Waals surface area (Å²) in [4.78, 5) is 4.53. The third-order valence-electron chi connectivity index (χ3n) is 11.0. The highest BCUT2D eigenvalue weighted by Crippen LogP contribution is 2.39. The molecule has 0 saturated carbocycles. The number of benzene rings is 9. The first-order chi connectivity index (χ1) is 34.1. The molecule has 0 atom stereocenters. The number of aromatic nitrogens is 9. The molecular weight excluding hydrogens is 1120 g/mol. The number of nitrogens with zero attached hydrogens (tertiary/aromatic N) is 8. The fourth-order valence-electron chi connectivity index (χ4n) is 7.83. The highest BCUT2D eigenvalue weighted by molar-refractivity contribution is 9.93. The Balaban J connectivity index is 0.000000234. The van der Waals surface area contributed by atoms with E-state index in [9.17, 15) is 0 Å². The highest BCUT2D eigenvalue weighted by Gasteiger charge is 2.17. The second-order valence-corrected chi connectivity index (χ2v) is 16.9. The molecule has 3 aromatic heterocycles. The van der Waals surface area contributed by atoms with E-state index in [-0.39, 0.29) is 1.43 Å². The summed E-state index contributed by atoms with van der Waals surface area (Å²) < 4.78 is 1.90. The molecule has 0 radical (unpaired) electrons. The van der Waals surface area contributed by atoms with Crippen LogP contribution in [0.1, 0.15) is 1.43 Å². The molecule has 12 rings (SSSR count). The standard InChI is InChI=1S/C42H31N5.C6H3Br2N3.C6H5N3.Br2.H2/c1-5-13-33(14-6-1)46(34-15-7-2-8-16-34)37-25-21-31(22-26-37)39-29-30-40(42-41(39)43-45-44-42)32-23-27-38(28-24-32)47(35-17-9-3-10-18-35)36-19-11-4-12-20-36;7-3-1-2-4(8)6-5(3)9-11-10-6;1-2-4-6-5(3-1)7-9-8-6;1-2;/h1-30H,(H,43,44,45);1-2H,(H,9,10,11);1-4H,(H,7,8,9);;1H/i;;;;1+1. The SMILES string of the molecule is BrBr.Brc1ccc(Br)c2n[nH]nc12.[2HH].c1ccc(N(c2ccccc2)c2ccc(-c3ccc(-c4ccc(N(c5ccccc5)c5ccccc5)cc4)c4n[nH]nc34)cc2)cc1.c1ccc2n[nH]nc2c1.